The second kappa shape index (κ2) is 6.86. The maximum atomic E-state index is 12.6. The third-order valence-electron chi connectivity index (χ3n) is 3.58. The van der Waals surface area contributed by atoms with Gasteiger partial charge in [-0.15, -0.1) is 0 Å². The van der Waals surface area contributed by atoms with Crippen molar-refractivity contribution in [2.45, 2.75) is 19.6 Å². The van der Waals surface area contributed by atoms with Crippen LogP contribution in [0.15, 0.2) is 24.4 Å². The van der Waals surface area contributed by atoms with Gasteiger partial charge in [-0.3, -0.25) is 9.48 Å². The number of nitrogen functional groups attached to an aromatic ring is 1. The number of ether oxygens (including phenoxy) is 1. The van der Waals surface area contributed by atoms with Crippen molar-refractivity contribution in [1.29, 1.82) is 0 Å². The highest BCUT2D eigenvalue weighted by Gasteiger charge is 2.33. The molecule has 2 N–H and O–H groups in total. The summed E-state index contributed by atoms with van der Waals surface area (Å²) in [6.45, 7) is -0.805. The first kappa shape index (κ1) is 18.3. The third-order valence-corrected chi connectivity index (χ3v) is 3.89. The van der Waals surface area contributed by atoms with Crippen molar-refractivity contribution in [3.63, 3.8) is 0 Å². The molecule has 1 aliphatic rings. The minimum Gasteiger partial charge on any atom is -0.433 e. The molecule has 0 radical (unpaired) electrons. The van der Waals surface area contributed by atoms with Gasteiger partial charge >= 0.3 is 6.61 Å². The molecular formula is C14H15ClF2N4O2S. The Morgan fingerprint density at radius 1 is 1.46 bits per heavy atom. The number of benzene rings is 1. The molecule has 1 aromatic carbocycles. The number of fused-ring (bicyclic) bond motifs is 1. The van der Waals surface area contributed by atoms with Crippen LogP contribution in [-0.4, -0.2) is 28.8 Å². The molecule has 3 rings (SSSR count). The van der Waals surface area contributed by atoms with Crippen molar-refractivity contribution in [3.8, 4) is 5.75 Å². The second-order valence-electron chi connectivity index (χ2n) is 5.15. The number of rotatable bonds is 3. The van der Waals surface area contributed by atoms with Crippen molar-refractivity contribution in [2.24, 2.45) is 0 Å². The molecule has 1 amide bonds. The molecule has 6 nitrogen and oxygen atoms in total. The number of hydrogen-bond acceptors (Lipinski definition) is 4. The highest BCUT2D eigenvalue weighted by atomic mass is 35.5. The molecule has 1 aromatic heterocycles. The topological polar surface area (TPSA) is 73.4 Å². The van der Waals surface area contributed by atoms with Crippen molar-refractivity contribution in [1.82, 2.24) is 9.78 Å². The smallest absolute Gasteiger partial charge is 0.387 e. The summed E-state index contributed by atoms with van der Waals surface area (Å²) in [5.74, 6) is -0.546. The predicted molar refractivity (Wildman–Crippen MR) is 91.5 cm³/mol. The zero-order valence-corrected chi connectivity index (χ0v) is 14.3. The second-order valence-corrected chi connectivity index (χ2v) is 5.56. The Labute approximate surface area is 148 Å². The first-order valence-corrected chi connectivity index (χ1v) is 7.15. The fourth-order valence-corrected chi connectivity index (χ4v) is 2.71. The molecule has 0 unspecified atom stereocenters. The van der Waals surface area contributed by atoms with Crippen LogP contribution < -0.4 is 15.4 Å². The van der Waals surface area contributed by atoms with Gasteiger partial charge < -0.3 is 15.4 Å². The number of hydrogen-bond donors (Lipinski definition) is 1. The Kier molecular flexibility index (Phi) is 5.24. The number of aromatic nitrogens is 2. The van der Waals surface area contributed by atoms with E-state index in [1.54, 1.807) is 10.7 Å². The largest absolute Gasteiger partial charge is 0.433 e. The average Bonchev–Trinajstić information content (AvgIpc) is 2.88. The molecule has 10 heteroatoms. The summed E-state index contributed by atoms with van der Waals surface area (Å²) in [5, 5.41) is 4.12. The van der Waals surface area contributed by atoms with Gasteiger partial charge in [0.1, 0.15) is 11.4 Å². The van der Waals surface area contributed by atoms with Crippen LogP contribution in [0.3, 0.4) is 0 Å². The quantitative estimate of drug-likeness (QED) is 0.893. The molecule has 2 aromatic rings. The van der Waals surface area contributed by atoms with E-state index >= 15 is 0 Å². The first-order chi connectivity index (χ1) is 10.9. The van der Waals surface area contributed by atoms with E-state index in [9.17, 15) is 13.6 Å². The van der Waals surface area contributed by atoms with Crippen LogP contribution in [0.4, 0.5) is 20.2 Å². The summed E-state index contributed by atoms with van der Waals surface area (Å²) >= 11 is 5.84. The predicted octanol–water partition coefficient (Wildman–Crippen LogP) is 3.05. The number of carbonyl (C=O) groups is 1. The van der Waals surface area contributed by atoms with Gasteiger partial charge in [-0.25, -0.2) is 0 Å². The van der Waals surface area contributed by atoms with Crippen LogP contribution in [0.5, 0.6) is 5.75 Å². The lowest BCUT2D eigenvalue weighted by Crippen LogP contribution is -2.42. The van der Waals surface area contributed by atoms with Gasteiger partial charge in [0.25, 0.3) is 5.91 Å². The summed E-state index contributed by atoms with van der Waals surface area (Å²) in [4.78, 5) is 14.1. The number of halogens is 3. The molecule has 0 bridgehead atoms. The van der Waals surface area contributed by atoms with E-state index < -0.39 is 6.61 Å². The zero-order chi connectivity index (χ0) is 16.7. The van der Waals surface area contributed by atoms with E-state index in [0.717, 1.165) is 0 Å². The molecule has 1 atom stereocenters. The van der Waals surface area contributed by atoms with Crippen molar-refractivity contribution >= 4 is 42.4 Å². The third kappa shape index (κ3) is 3.13. The van der Waals surface area contributed by atoms with E-state index in [1.807, 2.05) is 6.92 Å². The van der Waals surface area contributed by atoms with Crippen LogP contribution in [-0.2, 0) is 0 Å². The Balaban J connectivity index is 0.00000208. The molecule has 0 saturated heterocycles. The Morgan fingerprint density at radius 3 is 2.83 bits per heavy atom. The maximum absolute atomic E-state index is 12.6. The summed E-state index contributed by atoms with van der Waals surface area (Å²) in [6.07, 6.45) is 1.42. The molecule has 0 saturated carbocycles. The van der Waals surface area contributed by atoms with E-state index in [4.69, 9.17) is 17.3 Å². The SMILES string of the molecule is C[C@H]1CN(c2ccc(Cl)c(OC(F)F)c2)C(=O)c2c(N)cnn21.S. The van der Waals surface area contributed by atoms with Crippen LogP contribution in [0.2, 0.25) is 5.02 Å². The van der Waals surface area contributed by atoms with Crippen molar-refractivity contribution in [3.05, 3.63) is 35.1 Å². The van der Waals surface area contributed by atoms with Gasteiger partial charge in [-0.2, -0.15) is 27.4 Å². The average molecular weight is 377 g/mol. The van der Waals surface area contributed by atoms with Gasteiger partial charge in [0, 0.05) is 18.3 Å². The van der Waals surface area contributed by atoms with E-state index in [-0.39, 0.29) is 47.6 Å². The monoisotopic (exact) mass is 376 g/mol. The number of nitrogens with two attached hydrogens (primary N) is 1. The summed E-state index contributed by atoms with van der Waals surface area (Å²) < 4.78 is 30.8. The molecule has 0 aliphatic carbocycles. The Hall–Kier alpha value is -2.00. The van der Waals surface area contributed by atoms with Crippen LogP contribution in [0.25, 0.3) is 0 Å². The van der Waals surface area contributed by atoms with Gasteiger partial charge in [0.15, 0.2) is 0 Å². The van der Waals surface area contributed by atoms with E-state index in [2.05, 4.69) is 9.84 Å². The van der Waals surface area contributed by atoms with Crippen LogP contribution in [0.1, 0.15) is 23.5 Å². The minimum absolute atomic E-state index is 0. The maximum Gasteiger partial charge on any atom is 0.387 e. The number of amides is 1. The summed E-state index contributed by atoms with van der Waals surface area (Å²) in [5.41, 5.74) is 6.74. The highest BCUT2D eigenvalue weighted by molar-refractivity contribution is 7.59. The van der Waals surface area contributed by atoms with Crippen molar-refractivity contribution in [2.75, 3.05) is 17.2 Å². The Bertz CT molecular complexity index is 771. The fraction of sp³-hybridized carbons (Fsp3) is 0.286. The normalized spacial score (nSPS) is 16.8. The lowest BCUT2D eigenvalue weighted by atomic mass is 10.1. The number of anilines is 2. The number of nitrogens with zero attached hydrogens (tertiary/aromatic N) is 3. The van der Waals surface area contributed by atoms with Gasteiger partial charge in [0.2, 0.25) is 0 Å². The molecule has 1 aliphatic heterocycles. The highest BCUT2D eigenvalue weighted by Crippen LogP contribution is 2.34. The van der Waals surface area contributed by atoms with Gasteiger partial charge in [-0.05, 0) is 19.1 Å². The molecule has 24 heavy (non-hydrogen) atoms. The molecule has 2 heterocycles. The van der Waals surface area contributed by atoms with E-state index in [0.29, 0.717) is 12.2 Å². The minimum atomic E-state index is -3.00. The van der Waals surface area contributed by atoms with Crippen LogP contribution in [0, 0.1) is 0 Å². The number of alkyl halides is 2. The summed E-state index contributed by atoms with van der Waals surface area (Å²) in [6, 6.07) is 4.16. The molecular weight excluding hydrogens is 362 g/mol. The van der Waals surface area contributed by atoms with E-state index in [1.165, 1.54) is 23.2 Å². The first-order valence-electron chi connectivity index (χ1n) is 6.77. The zero-order valence-electron chi connectivity index (χ0n) is 12.5. The number of carbonyl (C=O) groups excluding carboxylic acids is 1. The van der Waals surface area contributed by atoms with Crippen LogP contribution >= 0.6 is 25.1 Å². The molecule has 0 spiro atoms. The van der Waals surface area contributed by atoms with Crippen molar-refractivity contribution < 1.29 is 18.3 Å². The lowest BCUT2D eigenvalue weighted by Gasteiger charge is -2.32. The lowest BCUT2D eigenvalue weighted by molar-refractivity contribution is -0.0497. The van der Waals surface area contributed by atoms with Gasteiger partial charge in [-0.1, -0.05) is 11.6 Å². The molecule has 130 valence electrons. The molecule has 0 fully saturated rings. The summed E-state index contributed by atoms with van der Waals surface area (Å²) in [7, 11) is 0. The Morgan fingerprint density at radius 2 is 2.17 bits per heavy atom. The fourth-order valence-electron chi connectivity index (χ4n) is 2.55. The van der Waals surface area contributed by atoms with Gasteiger partial charge in [0.05, 0.1) is 22.9 Å². The standard InChI is InChI=1S/C14H13ClF2N4O2.H2S/c1-7-6-20(13(22)12-10(18)5-19-21(7)12)8-2-3-9(15)11(4-8)23-14(16)17;/h2-5,7,14H,6,18H2,1H3;1H2/t7-;/m0./s1.